The molecule has 0 N–H and O–H groups in total. The van der Waals surface area contributed by atoms with Crippen LogP contribution in [0.15, 0.2) is 48.5 Å². The third-order valence-electron chi connectivity index (χ3n) is 4.61. The fourth-order valence-corrected chi connectivity index (χ4v) is 3.28. The molecule has 0 spiro atoms. The number of ether oxygens (including phenoxy) is 1. The summed E-state index contributed by atoms with van der Waals surface area (Å²) in [4.78, 5) is 17.1. The first kappa shape index (κ1) is 17.8. The zero-order valence-electron chi connectivity index (χ0n) is 14.5. The van der Waals surface area contributed by atoms with Crippen molar-refractivity contribution in [3.05, 3.63) is 64.7 Å². The molecule has 0 saturated carbocycles. The number of carbonyl (C=O) groups excluding carboxylic acids is 1. The van der Waals surface area contributed by atoms with Crippen LogP contribution in [0.2, 0.25) is 5.02 Å². The number of amides is 1. The molecule has 4 nitrogen and oxygen atoms in total. The highest BCUT2D eigenvalue weighted by Crippen LogP contribution is 2.24. The molecule has 5 heteroatoms. The molecule has 1 amide bonds. The van der Waals surface area contributed by atoms with E-state index in [4.69, 9.17) is 16.3 Å². The first-order valence-corrected chi connectivity index (χ1v) is 8.94. The number of nitrogens with zero attached hydrogens (tertiary/aromatic N) is 2. The first-order chi connectivity index (χ1) is 12.2. The molecule has 2 aromatic carbocycles. The summed E-state index contributed by atoms with van der Waals surface area (Å²) >= 11 is 5.98. The van der Waals surface area contributed by atoms with E-state index in [-0.39, 0.29) is 5.91 Å². The van der Waals surface area contributed by atoms with E-state index in [1.54, 1.807) is 25.3 Å². The number of rotatable bonds is 5. The van der Waals surface area contributed by atoms with Gasteiger partial charge in [0, 0.05) is 37.7 Å². The number of carbonyl (C=O) groups is 1. The van der Waals surface area contributed by atoms with Crippen molar-refractivity contribution in [3.63, 3.8) is 0 Å². The number of halogens is 1. The van der Waals surface area contributed by atoms with Crippen LogP contribution in [0.3, 0.4) is 0 Å². The highest BCUT2D eigenvalue weighted by Gasteiger charge is 2.24. The van der Waals surface area contributed by atoms with Gasteiger partial charge >= 0.3 is 0 Å². The predicted octanol–water partition coefficient (Wildman–Crippen LogP) is 3.35. The van der Waals surface area contributed by atoms with Crippen LogP contribution in [0.4, 0.5) is 0 Å². The molecule has 0 radical (unpaired) electrons. The number of hydrogen-bond acceptors (Lipinski definition) is 3. The van der Waals surface area contributed by atoms with Crippen molar-refractivity contribution in [1.82, 2.24) is 9.80 Å². The van der Waals surface area contributed by atoms with Gasteiger partial charge < -0.3 is 9.64 Å². The Hall–Kier alpha value is -2.04. The summed E-state index contributed by atoms with van der Waals surface area (Å²) in [7, 11) is 1.56. The van der Waals surface area contributed by atoms with Crippen molar-refractivity contribution in [2.45, 2.75) is 6.42 Å². The van der Waals surface area contributed by atoms with Crippen LogP contribution in [0, 0.1) is 0 Å². The van der Waals surface area contributed by atoms with Crippen LogP contribution >= 0.6 is 11.6 Å². The molecule has 0 unspecified atom stereocenters. The van der Waals surface area contributed by atoms with E-state index in [1.165, 1.54) is 5.56 Å². The zero-order valence-corrected chi connectivity index (χ0v) is 15.2. The van der Waals surface area contributed by atoms with Gasteiger partial charge in [0.1, 0.15) is 5.75 Å². The van der Waals surface area contributed by atoms with Crippen molar-refractivity contribution < 1.29 is 9.53 Å². The van der Waals surface area contributed by atoms with Gasteiger partial charge in [0.05, 0.1) is 12.7 Å². The molecule has 0 atom stereocenters. The zero-order chi connectivity index (χ0) is 17.6. The lowest BCUT2D eigenvalue weighted by Gasteiger charge is -2.35. The largest absolute Gasteiger partial charge is 0.496 e. The van der Waals surface area contributed by atoms with Gasteiger partial charge in [0.25, 0.3) is 5.91 Å². The van der Waals surface area contributed by atoms with E-state index in [1.807, 2.05) is 11.0 Å². The standard InChI is InChI=1S/C20H23ClN2O2/c1-25-19-15-17(21)7-8-18(19)20(24)23-13-11-22(12-14-23)10-9-16-5-3-2-4-6-16/h2-8,15H,9-14H2,1H3. The monoisotopic (exact) mass is 358 g/mol. The van der Waals surface area contributed by atoms with Crippen molar-refractivity contribution in [3.8, 4) is 5.75 Å². The number of hydrogen-bond donors (Lipinski definition) is 0. The maximum Gasteiger partial charge on any atom is 0.257 e. The van der Waals surface area contributed by atoms with Crippen molar-refractivity contribution >= 4 is 17.5 Å². The van der Waals surface area contributed by atoms with Crippen molar-refractivity contribution in [1.29, 1.82) is 0 Å². The van der Waals surface area contributed by atoms with Gasteiger partial charge in [-0.3, -0.25) is 9.69 Å². The van der Waals surface area contributed by atoms with Crippen LogP contribution in [-0.4, -0.2) is 55.5 Å². The summed E-state index contributed by atoms with van der Waals surface area (Å²) in [6.07, 6.45) is 1.04. The number of piperazine rings is 1. The summed E-state index contributed by atoms with van der Waals surface area (Å²) < 4.78 is 5.30. The molecular weight excluding hydrogens is 336 g/mol. The predicted molar refractivity (Wildman–Crippen MR) is 100 cm³/mol. The van der Waals surface area contributed by atoms with E-state index in [0.717, 1.165) is 39.1 Å². The van der Waals surface area contributed by atoms with Crippen molar-refractivity contribution in [2.75, 3.05) is 39.8 Å². The van der Waals surface area contributed by atoms with Gasteiger partial charge in [-0.25, -0.2) is 0 Å². The summed E-state index contributed by atoms with van der Waals surface area (Å²) in [5.74, 6) is 0.542. The molecule has 3 rings (SSSR count). The lowest BCUT2D eigenvalue weighted by atomic mass is 10.1. The Morgan fingerprint density at radius 1 is 1.08 bits per heavy atom. The summed E-state index contributed by atoms with van der Waals surface area (Å²) in [5, 5.41) is 0.569. The molecule has 0 bridgehead atoms. The maximum absolute atomic E-state index is 12.8. The average molecular weight is 359 g/mol. The van der Waals surface area contributed by atoms with Crippen LogP contribution in [-0.2, 0) is 6.42 Å². The number of benzene rings is 2. The highest BCUT2D eigenvalue weighted by molar-refractivity contribution is 6.30. The average Bonchev–Trinajstić information content (AvgIpc) is 2.67. The second kappa shape index (κ2) is 8.37. The molecular formula is C20H23ClN2O2. The van der Waals surface area contributed by atoms with Gasteiger partial charge in [-0.05, 0) is 30.2 Å². The van der Waals surface area contributed by atoms with Crippen LogP contribution < -0.4 is 4.74 Å². The molecule has 1 aliphatic rings. The van der Waals surface area contributed by atoms with Crippen LogP contribution in [0.5, 0.6) is 5.75 Å². The third kappa shape index (κ3) is 4.53. The highest BCUT2D eigenvalue weighted by atomic mass is 35.5. The lowest BCUT2D eigenvalue weighted by Crippen LogP contribution is -2.49. The first-order valence-electron chi connectivity index (χ1n) is 8.56. The molecule has 0 aromatic heterocycles. The molecule has 1 fully saturated rings. The van der Waals surface area contributed by atoms with E-state index < -0.39 is 0 Å². The fourth-order valence-electron chi connectivity index (χ4n) is 3.12. The summed E-state index contributed by atoms with van der Waals surface area (Å²) in [6, 6.07) is 15.7. The molecule has 1 aliphatic heterocycles. The second-order valence-corrected chi connectivity index (χ2v) is 6.65. The topological polar surface area (TPSA) is 32.8 Å². The van der Waals surface area contributed by atoms with Gasteiger partial charge in [-0.1, -0.05) is 41.9 Å². The Kier molecular flexibility index (Phi) is 5.95. The van der Waals surface area contributed by atoms with E-state index in [0.29, 0.717) is 16.3 Å². The minimum absolute atomic E-state index is 0.0104. The molecule has 132 valence electrons. The Morgan fingerprint density at radius 2 is 1.80 bits per heavy atom. The quantitative estimate of drug-likeness (QED) is 0.821. The van der Waals surface area contributed by atoms with Gasteiger partial charge in [-0.2, -0.15) is 0 Å². The number of methoxy groups -OCH3 is 1. The SMILES string of the molecule is COc1cc(Cl)ccc1C(=O)N1CCN(CCc2ccccc2)CC1. The van der Waals surface area contributed by atoms with Crippen molar-refractivity contribution in [2.24, 2.45) is 0 Å². The summed E-state index contributed by atoms with van der Waals surface area (Å²) in [6.45, 7) is 4.29. The van der Waals surface area contributed by atoms with E-state index in [2.05, 4.69) is 29.2 Å². The lowest BCUT2D eigenvalue weighted by molar-refractivity contribution is 0.0635. The Morgan fingerprint density at radius 3 is 2.48 bits per heavy atom. The fraction of sp³-hybridized carbons (Fsp3) is 0.350. The molecule has 1 heterocycles. The Labute approximate surface area is 154 Å². The van der Waals surface area contributed by atoms with Gasteiger partial charge in [0.2, 0.25) is 0 Å². The molecule has 25 heavy (non-hydrogen) atoms. The normalized spacial score (nSPS) is 15.2. The molecule has 1 saturated heterocycles. The van der Waals surface area contributed by atoms with Gasteiger partial charge in [-0.15, -0.1) is 0 Å². The minimum atomic E-state index is 0.0104. The van der Waals surface area contributed by atoms with Crippen LogP contribution in [0.25, 0.3) is 0 Å². The van der Waals surface area contributed by atoms with Crippen LogP contribution in [0.1, 0.15) is 15.9 Å². The van der Waals surface area contributed by atoms with Gasteiger partial charge in [0.15, 0.2) is 0 Å². The smallest absolute Gasteiger partial charge is 0.257 e. The minimum Gasteiger partial charge on any atom is -0.496 e. The molecule has 0 aliphatic carbocycles. The van der Waals surface area contributed by atoms with E-state index >= 15 is 0 Å². The van der Waals surface area contributed by atoms with E-state index in [9.17, 15) is 4.79 Å². The molecule has 2 aromatic rings. The Balaban J connectivity index is 1.54. The third-order valence-corrected chi connectivity index (χ3v) is 4.85. The Bertz CT molecular complexity index is 713. The second-order valence-electron chi connectivity index (χ2n) is 6.21. The maximum atomic E-state index is 12.8. The summed E-state index contributed by atoms with van der Waals surface area (Å²) in [5.41, 5.74) is 1.93.